The smallest absolute Gasteiger partial charge is 0.344 e. The first-order valence-electron chi connectivity index (χ1n) is 10.4. The summed E-state index contributed by atoms with van der Waals surface area (Å²) in [5.41, 5.74) is 1.98. The fourth-order valence-corrected chi connectivity index (χ4v) is 2.48. The Bertz CT molecular complexity index is 882. The van der Waals surface area contributed by atoms with Crippen molar-refractivity contribution in [3.8, 4) is 0 Å². The van der Waals surface area contributed by atoms with Crippen LogP contribution in [-0.2, 0) is 14.3 Å². The number of nitrogens with zero attached hydrogens (tertiary/aromatic N) is 2. The molecule has 0 aliphatic carbocycles. The zero-order valence-electron chi connectivity index (χ0n) is 19.7. The molecular weight excluding hydrogens is 397 g/mol. The van der Waals surface area contributed by atoms with Crippen molar-refractivity contribution in [2.24, 2.45) is 0 Å². The topological polar surface area (TPSA) is 71.5 Å². The van der Waals surface area contributed by atoms with Crippen molar-refractivity contribution in [3.05, 3.63) is 65.0 Å². The number of hydrogen-bond acceptors (Lipinski definition) is 5. The van der Waals surface area contributed by atoms with Crippen molar-refractivity contribution in [3.63, 3.8) is 0 Å². The molecule has 7 heteroatoms. The number of benzene rings is 1. The summed E-state index contributed by atoms with van der Waals surface area (Å²) in [6.07, 6.45) is 2.05. The van der Waals surface area contributed by atoms with Crippen molar-refractivity contribution < 1.29 is 18.7 Å². The second-order valence-corrected chi connectivity index (χ2v) is 5.94. The maximum absolute atomic E-state index is 14.3. The molecule has 1 amide bonds. The van der Waals surface area contributed by atoms with E-state index < -0.39 is 11.8 Å². The van der Waals surface area contributed by atoms with Crippen LogP contribution < -0.4 is 5.32 Å². The van der Waals surface area contributed by atoms with Crippen LogP contribution in [0.15, 0.2) is 42.3 Å². The number of anilines is 1. The van der Waals surface area contributed by atoms with Gasteiger partial charge in [-0.2, -0.15) is 0 Å². The van der Waals surface area contributed by atoms with Gasteiger partial charge in [-0.1, -0.05) is 39.8 Å². The molecule has 2 rings (SSSR count). The molecule has 0 bridgehead atoms. The highest BCUT2D eigenvalue weighted by atomic mass is 19.1. The molecule has 0 aliphatic heterocycles. The lowest BCUT2D eigenvalue weighted by Gasteiger charge is -2.22. The molecular formula is C24H34FN3O3. The summed E-state index contributed by atoms with van der Waals surface area (Å²) in [5, 5.41) is 2.85. The highest BCUT2D eigenvalue weighted by Crippen LogP contribution is 2.26. The molecule has 1 aromatic carbocycles. The predicted molar refractivity (Wildman–Crippen MR) is 124 cm³/mol. The van der Waals surface area contributed by atoms with Crippen LogP contribution in [0.3, 0.4) is 0 Å². The monoisotopic (exact) mass is 431 g/mol. The molecule has 1 N–H and O–H groups in total. The normalized spacial score (nSPS) is 10.4. The summed E-state index contributed by atoms with van der Waals surface area (Å²) in [6, 6.07) is 8.14. The average molecular weight is 432 g/mol. The van der Waals surface area contributed by atoms with Crippen molar-refractivity contribution in [2.45, 2.75) is 48.5 Å². The summed E-state index contributed by atoms with van der Waals surface area (Å²) in [5.74, 6) is -1.09. The Morgan fingerprint density at radius 1 is 1.19 bits per heavy atom. The van der Waals surface area contributed by atoms with Crippen LogP contribution in [0.25, 0.3) is 5.57 Å². The third-order valence-electron chi connectivity index (χ3n) is 3.85. The SMILES string of the molecule is CC.CC.CCOC(=O)/C(=C(\Nc1ccc(C)cc1F)N(C)C=O)c1ncccc1C. The number of pyridine rings is 1. The second-order valence-electron chi connectivity index (χ2n) is 5.94. The molecule has 0 fully saturated rings. The Hall–Kier alpha value is -3.22. The van der Waals surface area contributed by atoms with E-state index in [0.717, 1.165) is 10.5 Å². The molecule has 31 heavy (non-hydrogen) atoms. The molecule has 6 nitrogen and oxygen atoms in total. The van der Waals surface area contributed by atoms with Gasteiger partial charge >= 0.3 is 5.97 Å². The fourth-order valence-electron chi connectivity index (χ4n) is 2.48. The number of hydrogen-bond donors (Lipinski definition) is 1. The Balaban J connectivity index is 0.00000212. The molecule has 2 aromatic rings. The molecule has 0 aliphatic rings. The summed E-state index contributed by atoms with van der Waals surface area (Å²) in [6.45, 7) is 13.4. The Morgan fingerprint density at radius 3 is 2.35 bits per heavy atom. The fraction of sp³-hybridized carbons (Fsp3) is 0.375. The Morgan fingerprint density at radius 2 is 1.84 bits per heavy atom. The Labute approximate surface area is 185 Å². The quantitative estimate of drug-likeness (QED) is 0.365. The van der Waals surface area contributed by atoms with E-state index in [2.05, 4.69) is 10.3 Å². The maximum Gasteiger partial charge on any atom is 0.344 e. The predicted octanol–water partition coefficient (Wildman–Crippen LogP) is 5.32. The lowest BCUT2D eigenvalue weighted by molar-refractivity contribution is -0.136. The first-order chi connectivity index (χ1) is 14.9. The molecule has 1 aromatic heterocycles. The number of halogens is 1. The van der Waals surface area contributed by atoms with Crippen molar-refractivity contribution >= 4 is 23.6 Å². The summed E-state index contributed by atoms with van der Waals surface area (Å²) < 4.78 is 19.5. The van der Waals surface area contributed by atoms with Gasteiger partial charge in [-0.15, -0.1) is 0 Å². The molecule has 1 heterocycles. The van der Waals surface area contributed by atoms with E-state index in [0.29, 0.717) is 17.7 Å². The highest BCUT2D eigenvalue weighted by molar-refractivity contribution is 6.17. The lowest BCUT2D eigenvalue weighted by atomic mass is 10.1. The number of carbonyl (C=O) groups excluding carboxylic acids is 2. The molecule has 170 valence electrons. The molecule has 0 unspecified atom stereocenters. The largest absolute Gasteiger partial charge is 0.462 e. The zero-order valence-corrected chi connectivity index (χ0v) is 19.7. The van der Waals surface area contributed by atoms with E-state index in [4.69, 9.17) is 4.74 Å². The summed E-state index contributed by atoms with van der Waals surface area (Å²) in [4.78, 5) is 29.6. The minimum Gasteiger partial charge on any atom is -0.462 e. The molecule has 0 radical (unpaired) electrons. The van der Waals surface area contributed by atoms with Gasteiger partial charge in [0.15, 0.2) is 0 Å². The minimum absolute atomic E-state index is 0.0459. The molecule has 0 spiro atoms. The van der Waals surface area contributed by atoms with Crippen LogP contribution in [0.5, 0.6) is 0 Å². The van der Waals surface area contributed by atoms with Crippen LogP contribution in [0, 0.1) is 19.7 Å². The van der Waals surface area contributed by atoms with E-state index in [1.165, 1.54) is 25.4 Å². The van der Waals surface area contributed by atoms with E-state index in [9.17, 15) is 14.0 Å². The van der Waals surface area contributed by atoms with Crippen LogP contribution in [0.4, 0.5) is 10.1 Å². The standard InChI is InChI=1S/C20H22FN3O3.2C2H6/c1-5-27-20(26)17(18-14(3)7-6-10-22-18)19(24(4)12-25)23-16-9-8-13(2)11-15(16)21;2*1-2/h6-12,23H,5H2,1-4H3;2*1-2H3/b19-17+;;. The minimum atomic E-state index is -0.664. The van der Waals surface area contributed by atoms with E-state index in [1.54, 1.807) is 39.0 Å². The number of amides is 1. The lowest BCUT2D eigenvalue weighted by Crippen LogP contribution is -2.27. The van der Waals surface area contributed by atoms with Gasteiger partial charge in [-0.05, 0) is 50.1 Å². The van der Waals surface area contributed by atoms with Crippen molar-refractivity contribution in [2.75, 3.05) is 19.0 Å². The van der Waals surface area contributed by atoms with Gasteiger partial charge in [0.05, 0.1) is 18.0 Å². The number of nitrogens with one attached hydrogen (secondary N) is 1. The number of aromatic nitrogens is 1. The molecule has 0 atom stereocenters. The van der Waals surface area contributed by atoms with Gasteiger partial charge in [-0.25, -0.2) is 9.18 Å². The van der Waals surface area contributed by atoms with Gasteiger partial charge < -0.3 is 15.0 Å². The van der Waals surface area contributed by atoms with E-state index >= 15 is 0 Å². The first-order valence-corrected chi connectivity index (χ1v) is 10.4. The summed E-state index contributed by atoms with van der Waals surface area (Å²) >= 11 is 0. The van der Waals surface area contributed by atoms with Gasteiger partial charge in [0.25, 0.3) is 0 Å². The number of esters is 1. The number of aryl methyl sites for hydroxylation is 2. The maximum atomic E-state index is 14.3. The van der Waals surface area contributed by atoms with E-state index in [1.807, 2.05) is 27.7 Å². The number of ether oxygens (including phenoxy) is 1. The summed E-state index contributed by atoms with van der Waals surface area (Å²) in [7, 11) is 1.46. The number of carbonyl (C=O) groups is 2. The molecule has 0 saturated carbocycles. The van der Waals surface area contributed by atoms with Gasteiger partial charge in [0.2, 0.25) is 6.41 Å². The highest BCUT2D eigenvalue weighted by Gasteiger charge is 2.25. The second kappa shape index (κ2) is 14.7. The third-order valence-corrected chi connectivity index (χ3v) is 3.85. The average Bonchev–Trinajstić information content (AvgIpc) is 2.78. The van der Waals surface area contributed by atoms with Crippen LogP contribution >= 0.6 is 0 Å². The van der Waals surface area contributed by atoms with Gasteiger partial charge in [0.1, 0.15) is 17.2 Å². The Kier molecular flexibility index (Phi) is 13.2. The van der Waals surface area contributed by atoms with E-state index in [-0.39, 0.29) is 23.7 Å². The van der Waals surface area contributed by atoms with Crippen LogP contribution in [-0.4, -0.2) is 35.9 Å². The molecule has 0 saturated heterocycles. The van der Waals surface area contributed by atoms with Crippen LogP contribution in [0.2, 0.25) is 0 Å². The van der Waals surface area contributed by atoms with Gasteiger partial charge in [-0.3, -0.25) is 9.78 Å². The first kappa shape index (κ1) is 27.8. The third kappa shape index (κ3) is 7.85. The zero-order chi connectivity index (χ0) is 24.0. The van der Waals surface area contributed by atoms with Crippen molar-refractivity contribution in [1.29, 1.82) is 0 Å². The number of rotatable bonds is 7. The van der Waals surface area contributed by atoms with Crippen molar-refractivity contribution in [1.82, 2.24) is 9.88 Å². The van der Waals surface area contributed by atoms with Crippen LogP contribution in [0.1, 0.15) is 51.4 Å². The van der Waals surface area contributed by atoms with Gasteiger partial charge in [0, 0.05) is 13.2 Å².